The van der Waals surface area contributed by atoms with Gasteiger partial charge in [0, 0.05) is 37.7 Å². The van der Waals surface area contributed by atoms with Crippen LogP contribution in [0.5, 0.6) is 0 Å². The minimum absolute atomic E-state index is 0. The van der Waals surface area contributed by atoms with Crippen LogP contribution in [0.1, 0.15) is 30.1 Å². The number of hydrogen-bond acceptors (Lipinski definition) is 3. The number of nitrogens with one attached hydrogen (secondary N) is 2. The van der Waals surface area contributed by atoms with Gasteiger partial charge in [-0.25, -0.2) is 8.78 Å². The maximum absolute atomic E-state index is 13.8. The maximum Gasteiger partial charge on any atom is 0.191 e. The van der Waals surface area contributed by atoms with Crippen molar-refractivity contribution in [3.63, 3.8) is 0 Å². The molecule has 0 bridgehead atoms. The van der Waals surface area contributed by atoms with Gasteiger partial charge in [-0.15, -0.1) is 24.0 Å². The molecule has 2 aromatic rings. The molecular formula is C19H24F2IN3O2. The molecule has 5 nitrogen and oxygen atoms in total. The largest absolute Gasteiger partial charge is 0.467 e. The Bertz CT molecular complexity index is 720. The van der Waals surface area contributed by atoms with Crippen molar-refractivity contribution in [2.24, 2.45) is 4.99 Å². The molecule has 3 rings (SSSR count). The predicted molar refractivity (Wildman–Crippen MR) is 110 cm³/mol. The second-order valence-corrected chi connectivity index (χ2v) is 6.21. The molecule has 1 fully saturated rings. The zero-order chi connectivity index (χ0) is 18.4. The number of hydrogen-bond donors (Lipinski definition) is 2. The zero-order valence-electron chi connectivity index (χ0n) is 15.1. The summed E-state index contributed by atoms with van der Waals surface area (Å²) < 4.78 is 38.3. The summed E-state index contributed by atoms with van der Waals surface area (Å²) in [4.78, 5) is 4.15. The summed E-state index contributed by atoms with van der Waals surface area (Å²) in [6, 6.07) is 7.66. The van der Waals surface area contributed by atoms with E-state index in [9.17, 15) is 8.78 Å². The summed E-state index contributed by atoms with van der Waals surface area (Å²) in [5.41, 5.74) is 0.159. The molecule has 0 saturated heterocycles. The van der Waals surface area contributed by atoms with Crippen LogP contribution in [0, 0.1) is 11.6 Å². The molecule has 0 amide bonds. The van der Waals surface area contributed by atoms with Crippen LogP contribution in [0.3, 0.4) is 0 Å². The molecule has 2 atom stereocenters. The van der Waals surface area contributed by atoms with E-state index in [2.05, 4.69) is 15.6 Å². The smallest absolute Gasteiger partial charge is 0.191 e. The van der Waals surface area contributed by atoms with E-state index in [1.165, 1.54) is 18.2 Å². The van der Waals surface area contributed by atoms with Gasteiger partial charge in [-0.2, -0.15) is 0 Å². The molecule has 1 aliphatic rings. The first-order chi connectivity index (χ1) is 12.7. The van der Waals surface area contributed by atoms with Gasteiger partial charge in [0.25, 0.3) is 0 Å². The Morgan fingerprint density at radius 1 is 1.26 bits per heavy atom. The highest BCUT2D eigenvalue weighted by Gasteiger charge is 2.42. The van der Waals surface area contributed by atoms with Crippen molar-refractivity contribution < 1.29 is 17.9 Å². The van der Waals surface area contributed by atoms with E-state index in [4.69, 9.17) is 9.15 Å². The second-order valence-electron chi connectivity index (χ2n) is 6.21. The number of furan rings is 1. The Labute approximate surface area is 174 Å². The molecule has 0 aliphatic heterocycles. The fourth-order valence-corrected chi connectivity index (χ4v) is 2.86. The third-order valence-corrected chi connectivity index (χ3v) is 4.29. The molecule has 1 aliphatic carbocycles. The van der Waals surface area contributed by atoms with Crippen LogP contribution in [0.2, 0.25) is 0 Å². The lowest BCUT2D eigenvalue weighted by molar-refractivity contribution is 0.105. The standard InChI is InChI=1S/C19H23F2N3O2.HI/c1-22-19(23-8-4-9-25-12-13-5-3-10-26-13)24-17-11-14(17)18-15(20)6-2-7-16(18)21;/h2-3,5-7,10,14,17H,4,8-9,11-12H2,1H3,(H2,22,23,24);1H. The summed E-state index contributed by atoms with van der Waals surface area (Å²) in [5.74, 6) is 0.286. The van der Waals surface area contributed by atoms with E-state index in [0.29, 0.717) is 32.1 Å². The summed E-state index contributed by atoms with van der Waals surface area (Å²) >= 11 is 0. The average molecular weight is 491 g/mol. The third-order valence-electron chi connectivity index (χ3n) is 4.29. The minimum Gasteiger partial charge on any atom is -0.467 e. The van der Waals surface area contributed by atoms with Gasteiger partial charge in [-0.05, 0) is 37.1 Å². The molecule has 2 N–H and O–H groups in total. The lowest BCUT2D eigenvalue weighted by atomic mass is 10.1. The number of ether oxygens (including phenoxy) is 1. The van der Waals surface area contributed by atoms with Gasteiger partial charge in [-0.1, -0.05) is 6.07 Å². The number of guanidine groups is 1. The first kappa shape index (κ1) is 21.6. The highest BCUT2D eigenvalue weighted by molar-refractivity contribution is 14.0. The normalized spacial score (nSPS) is 18.7. The fraction of sp³-hybridized carbons (Fsp3) is 0.421. The van der Waals surface area contributed by atoms with Gasteiger partial charge in [-0.3, -0.25) is 4.99 Å². The minimum atomic E-state index is -0.490. The van der Waals surface area contributed by atoms with E-state index in [-0.39, 0.29) is 41.5 Å². The van der Waals surface area contributed by atoms with Crippen molar-refractivity contribution in [3.05, 3.63) is 59.6 Å². The lowest BCUT2D eigenvalue weighted by Crippen LogP contribution is -2.39. The molecule has 27 heavy (non-hydrogen) atoms. The van der Waals surface area contributed by atoms with Crippen molar-refractivity contribution in [1.82, 2.24) is 10.6 Å². The Hall–Kier alpha value is -1.68. The van der Waals surface area contributed by atoms with Crippen molar-refractivity contribution in [3.8, 4) is 0 Å². The van der Waals surface area contributed by atoms with Gasteiger partial charge >= 0.3 is 0 Å². The summed E-state index contributed by atoms with van der Waals surface area (Å²) in [7, 11) is 1.67. The van der Waals surface area contributed by atoms with Crippen LogP contribution in [0.4, 0.5) is 8.78 Å². The van der Waals surface area contributed by atoms with Crippen LogP contribution in [-0.4, -0.2) is 32.2 Å². The van der Waals surface area contributed by atoms with Gasteiger partial charge in [0.05, 0.1) is 6.26 Å². The topological polar surface area (TPSA) is 58.8 Å². The van der Waals surface area contributed by atoms with E-state index in [1.807, 2.05) is 12.1 Å². The van der Waals surface area contributed by atoms with E-state index in [1.54, 1.807) is 13.3 Å². The zero-order valence-corrected chi connectivity index (χ0v) is 17.4. The van der Waals surface area contributed by atoms with Crippen molar-refractivity contribution in [2.75, 3.05) is 20.2 Å². The highest BCUT2D eigenvalue weighted by atomic mass is 127. The van der Waals surface area contributed by atoms with E-state index < -0.39 is 11.6 Å². The third kappa shape index (κ3) is 6.17. The van der Waals surface area contributed by atoms with Gasteiger partial charge in [0.15, 0.2) is 5.96 Å². The number of nitrogens with zero attached hydrogens (tertiary/aromatic N) is 1. The second kappa shape index (κ2) is 10.6. The number of rotatable bonds is 8. The molecule has 1 aromatic heterocycles. The summed E-state index contributed by atoms with van der Waals surface area (Å²) in [5, 5.41) is 6.39. The van der Waals surface area contributed by atoms with Crippen molar-refractivity contribution in [2.45, 2.75) is 31.4 Å². The summed E-state index contributed by atoms with van der Waals surface area (Å²) in [6.07, 6.45) is 3.11. The SMILES string of the molecule is CN=C(NCCCOCc1ccco1)NC1CC1c1c(F)cccc1F.I. The van der Waals surface area contributed by atoms with E-state index >= 15 is 0 Å². The molecule has 8 heteroatoms. The fourth-order valence-electron chi connectivity index (χ4n) is 2.86. The molecule has 1 heterocycles. The molecule has 1 saturated carbocycles. The number of aliphatic imine (C=N–C) groups is 1. The summed E-state index contributed by atoms with van der Waals surface area (Å²) in [6.45, 7) is 1.73. The number of halogens is 3. The van der Waals surface area contributed by atoms with Crippen LogP contribution in [0.25, 0.3) is 0 Å². The Morgan fingerprint density at radius 2 is 2.04 bits per heavy atom. The average Bonchev–Trinajstić information content (AvgIpc) is 3.16. The lowest BCUT2D eigenvalue weighted by Gasteiger charge is -2.12. The molecule has 1 aromatic carbocycles. The Balaban J connectivity index is 0.00000261. The van der Waals surface area contributed by atoms with Gasteiger partial charge < -0.3 is 19.8 Å². The molecule has 148 valence electrons. The highest BCUT2D eigenvalue weighted by Crippen LogP contribution is 2.42. The van der Waals surface area contributed by atoms with Crippen LogP contribution in [-0.2, 0) is 11.3 Å². The first-order valence-electron chi connectivity index (χ1n) is 8.70. The molecule has 2 unspecified atom stereocenters. The van der Waals surface area contributed by atoms with Crippen molar-refractivity contribution in [1.29, 1.82) is 0 Å². The maximum atomic E-state index is 13.8. The predicted octanol–water partition coefficient (Wildman–Crippen LogP) is 3.80. The number of benzene rings is 1. The first-order valence-corrected chi connectivity index (χ1v) is 8.70. The Kier molecular flexibility index (Phi) is 8.49. The quantitative estimate of drug-likeness (QED) is 0.255. The van der Waals surface area contributed by atoms with Gasteiger partial charge in [0.1, 0.15) is 24.0 Å². The van der Waals surface area contributed by atoms with Crippen LogP contribution < -0.4 is 10.6 Å². The molecule has 0 spiro atoms. The van der Waals surface area contributed by atoms with Crippen LogP contribution >= 0.6 is 24.0 Å². The Morgan fingerprint density at radius 3 is 2.70 bits per heavy atom. The molecule has 0 radical (unpaired) electrons. The van der Waals surface area contributed by atoms with Gasteiger partial charge in [0.2, 0.25) is 0 Å². The monoisotopic (exact) mass is 491 g/mol. The van der Waals surface area contributed by atoms with Crippen LogP contribution in [0.15, 0.2) is 46.0 Å². The van der Waals surface area contributed by atoms with E-state index in [0.717, 1.165) is 12.2 Å². The molecular weight excluding hydrogens is 467 g/mol. The van der Waals surface area contributed by atoms with Crippen molar-refractivity contribution >= 4 is 29.9 Å².